The molecule has 1 aliphatic rings. The molecule has 7 nitrogen and oxygen atoms in total. The molecule has 162 valence electrons. The van der Waals surface area contributed by atoms with Crippen LogP contribution in [0.4, 0.5) is 5.69 Å². The second kappa shape index (κ2) is 8.41. The van der Waals surface area contributed by atoms with E-state index in [1.54, 1.807) is 24.0 Å². The SMILES string of the molecule is CCn1c(CN(C)C(=O)[C@H]2CC(=O)N(c3cc(C)ccc3OC)C2)nc2ccccc21. The molecule has 0 saturated carbocycles. The first kappa shape index (κ1) is 20.9. The fourth-order valence-corrected chi connectivity index (χ4v) is 4.32. The zero-order chi connectivity index (χ0) is 22.1. The molecule has 3 aromatic rings. The number of benzene rings is 2. The second-order valence-electron chi connectivity index (χ2n) is 8.04. The van der Waals surface area contributed by atoms with Crippen LogP contribution in [0.1, 0.15) is 24.7 Å². The summed E-state index contributed by atoms with van der Waals surface area (Å²) in [6.07, 6.45) is 0.199. The number of aryl methyl sites for hydroxylation is 2. The highest BCUT2D eigenvalue weighted by Crippen LogP contribution is 2.34. The number of rotatable bonds is 6. The van der Waals surface area contributed by atoms with E-state index >= 15 is 0 Å². The van der Waals surface area contributed by atoms with E-state index in [-0.39, 0.29) is 24.2 Å². The summed E-state index contributed by atoms with van der Waals surface area (Å²) in [4.78, 5) is 34.0. The van der Waals surface area contributed by atoms with Gasteiger partial charge in [-0.25, -0.2) is 4.98 Å². The maximum atomic E-state index is 13.2. The summed E-state index contributed by atoms with van der Waals surface area (Å²) in [5.74, 6) is 0.994. The Morgan fingerprint density at radius 3 is 2.77 bits per heavy atom. The summed E-state index contributed by atoms with van der Waals surface area (Å²) in [7, 11) is 3.37. The zero-order valence-corrected chi connectivity index (χ0v) is 18.5. The molecular weight excluding hydrogens is 392 g/mol. The maximum Gasteiger partial charge on any atom is 0.228 e. The number of nitrogens with zero attached hydrogens (tertiary/aromatic N) is 4. The minimum Gasteiger partial charge on any atom is -0.495 e. The lowest BCUT2D eigenvalue weighted by Crippen LogP contribution is -2.35. The van der Waals surface area contributed by atoms with Crippen molar-refractivity contribution in [3.8, 4) is 5.75 Å². The van der Waals surface area contributed by atoms with Crippen LogP contribution in [0.5, 0.6) is 5.75 Å². The minimum atomic E-state index is -0.387. The molecule has 4 rings (SSSR count). The van der Waals surface area contributed by atoms with Crippen molar-refractivity contribution in [3.63, 3.8) is 0 Å². The monoisotopic (exact) mass is 420 g/mol. The zero-order valence-electron chi connectivity index (χ0n) is 18.5. The molecule has 7 heteroatoms. The van der Waals surface area contributed by atoms with Gasteiger partial charge in [-0.15, -0.1) is 0 Å². The molecule has 1 saturated heterocycles. The second-order valence-corrected chi connectivity index (χ2v) is 8.04. The van der Waals surface area contributed by atoms with E-state index in [9.17, 15) is 9.59 Å². The molecule has 1 aromatic heterocycles. The quantitative estimate of drug-likeness (QED) is 0.613. The number of imidazole rings is 1. The summed E-state index contributed by atoms with van der Waals surface area (Å²) in [6.45, 7) is 5.58. The molecule has 1 aliphatic heterocycles. The van der Waals surface area contributed by atoms with Crippen molar-refractivity contribution in [1.82, 2.24) is 14.5 Å². The number of fused-ring (bicyclic) bond motifs is 1. The Balaban J connectivity index is 1.52. The van der Waals surface area contributed by atoms with Gasteiger partial charge in [0.05, 0.1) is 36.3 Å². The van der Waals surface area contributed by atoms with Gasteiger partial charge < -0.3 is 19.1 Å². The molecule has 1 fully saturated rings. The largest absolute Gasteiger partial charge is 0.495 e. The molecule has 0 unspecified atom stereocenters. The van der Waals surface area contributed by atoms with Crippen molar-refractivity contribution >= 4 is 28.5 Å². The Morgan fingerprint density at radius 1 is 1.26 bits per heavy atom. The minimum absolute atomic E-state index is 0.0443. The van der Waals surface area contributed by atoms with Gasteiger partial charge in [-0.2, -0.15) is 0 Å². The van der Waals surface area contributed by atoms with Gasteiger partial charge in [-0.3, -0.25) is 9.59 Å². The summed E-state index contributed by atoms with van der Waals surface area (Å²) >= 11 is 0. The van der Waals surface area contributed by atoms with E-state index in [2.05, 4.69) is 11.5 Å². The fourth-order valence-electron chi connectivity index (χ4n) is 4.32. The topological polar surface area (TPSA) is 67.7 Å². The maximum absolute atomic E-state index is 13.2. The normalized spacial score (nSPS) is 16.2. The van der Waals surface area contributed by atoms with Gasteiger partial charge in [-0.05, 0) is 43.7 Å². The number of para-hydroxylation sites is 2. The molecule has 2 heterocycles. The van der Waals surface area contributed by atoms with Crippen LogP contribution < -0.4 is 9.64 Å². The number of carbonyl (C=O) groups is 2. The molecule has 0 aliphatic carbocycles. The van der Waals surface area contributed by atoms with Crippen molar-refractivity contribution in [2.45, 2.75) is 33.4 Å². The fraction of sp³-hybridized carbons (Fsp3) is 0.375. The van der Waals surface area contributed by atoms with Crippen LogP contribution in [0, 0.1) is 12.8 Å². The average molecular weight is 421 g/mol. The highest BCUT2D eigenvalue weighted by molar-refractivity contribution is 6.01. The van der Waals surface area contributed by atoms with Crippen molar-refractivity contribution in [3.05, 3.63) is 53.9 Å². The molecule has 0 N–H and O–H groups in total. The number of hydrogen-bond donors (Lipinski definition) is 0. The summed E-state index contributed by atoms with van der Waals surface area (Å²) in [5, 5.41) is 0. The van der Waals surface area contributed by atoms with Crippen LogP contribution in [0.3, 0.4) is 0 Å². The Labute approximate surface area is 182 Å². The number of hydrogen-bond acceptors (Lipinski definition) is 4. The van der Waals surface area contributed by atoms with E-state index in [0.717, 1.165) is 34.7 Å². The van der Waals surface area contributed by atoms with Crippen molar-refractivity contribution in [2.24, 2.45) is 5.92 Å². The molecule has 0 spiro atoms. The highest BCUT2D eigenvalue weighted by atomic mass is 16.5. The van der Waals surface area contributed by atoms with Gasteiger partial charge in [0.15, 0.2) is 0 Å². The lowest BCUT2D eigenvalue weighted by Gasteiger charge is -2.22. The number of amides is 2. The first-order valence-corrected chi connectivity index (χ1v) is 10.6. The molecule has 31 heavy (non-hydrogen) atoms. The lowest BCUT2D eigenvalue weighted by atomic mass is 10.1. The van der Waals surface area contributed by atoms with Gasteiger partial charge in [0.25, 0.3) is 0 Å². The first-order valence-electron chi connectivity index (χ1n) is 10.6. The Morgan fingerprint density at radius 2 is 2.03 bits per heavy atom. The highest BCUT2D eigenvalue weighted by Gasteiger charge is 2.37. The lowest BCUT2D eigenvalue weighted by molar-refractivity contribution is -0.135. The summed E-state index contributed by atoms with van der Waals surface area (Å²) in [6, 6.07) is 13.7. The standard InChI is InChI=1S/C24H28N4O3/c1-5-27-19-9-7-6-8-18(19)25-22(27)15-26(3)24(30)17-13-23(29)28(14-17)20-12-16(2)10-11-21(20)31-4/h6-12,17H,5,13-15H2,1-4H3/t17-/m0/s1. The first-order chi connectivity index (χ1) is 14.9. The van der Waals surface area contributed by atoms with E-state index in [4.69, 9.17) is 9.72 Å². The van der Waals surface area contributed by atoms with Crippen LogP contribution in [0.2, 0.25) is 0 Å². The van der Waals surface area contributed by atoms with Crippen LogP contribution in [0.15, 0.2) is 42.5 Å². The van der Waals surface area contributed by atoms with Crippen LogP contribution >= 0.6 is 0 Å². The molecule has 2 amide bonds. The third kappa shape index (κ3) is 3.87. The third-order valence-electron chi connectivity index (χ3n) is 5.90. The van der Waals surface area contributed by atoms with Crippen LogP contribution in [-0.2, 0) is 22.7 Å². The Kier molecular flexibility index (Phi) is 5.67. The van der Waals surface area contributed by atoms with Crippen LogP contribution in [0.25, 0.3) is 11.0 Å². The van der Waals surface area contributed by atoms with Gasteiger partial charge >= 0.3 is 0 Å². The van der Waals surface area contributed by atoms with Gasteiger partial charge in [0.1, 0.15) is 11.6 Å². The summed E-state index contributed by atoms with van der Waals surface area (Å²) < 4.78 is 7.57. The third-order valence-corrected chi connectivity index (χ3v) is 5.90. The number of anilines is 1. The van der Waals surface area contributed by atoms with Crippen LogP contribution in [-0.4, -0.2) is 47.0 Å². The van der Waals surface area contributed by atoms with E-state index in [0.29, 0.717) is 18.8 Å². The average Bonchev–Trinajstić information content (AvgIpc) is 3.32. The molecule has 1 atom stereocenters. The van der Waals surface area contributed by atoms with E-state index in [1.807, 2.05) is 49.4 Å². The Bertz CT molecular complexity index is 1140. The van der Waals surface area contributed by atoms with E-state index < -0.39 is 0 Å². The summed E-state index contributed by atoms with van der Waals surface area (Å²) in [5.41, 5.74) is 3.75. The predicted molar refractivity (Wildman–Crippen MR) is 120 cm³/mol. The molecule has 2 aromatic carbocycles. The van der Waals surface area contributed by atoms with Gasteiger partial charge in [0.2, 0.25) is 11.8 Å². The number of methoxy groups -OCH3 is 1. The number of aromatic nitrogens is 2. The smallest absolute Gasteiger partial charge is 0.228 e. The number of carbonyl (C=O) groups excluding carboxylic acids is 2. The van der Waals surface area contributed by atoms with Gasteiger partial charge in [-0.1, -0.05) is 18.2 Å². The Hall–Kier alpha value is -3.35. The predicted octanol–water partition coefficient (Wildman–Crippen LogP) is 3.38. The van der Waals surface area contributed by atoms with Gasteiger partial charge in [0, 0.05) is 26.6 Å². The van der Waals surface area contributed by atoms with Crippen molar-refractivity contribution in [1.29, 1.82) is 0 Å². The van der Waals surface area contributed by atoms with Crippen molar-refractivity contribution < 1.29 is 14.3 Å². The van der Waals surface area contributed by atoms with Crippen molar-refractivity contribution in [2.75, 3.05) is 25.6 Å². The number of ether oxygens (including phenoxy) is 1. The van der Waals surface area contributed by atoms with E-state index in [1.165, 1.54) is 0 Å². The molecular formula is C24H28N4O3. The molecule has 0 bridgehead atoms. The molecule has 0 radical (unpaired) electrons.